The minimum atomic E-state index is -0.0677. The Labute approximate surface area is 123 Å². The lowest BCUT2D eigenvalue weighted by Gasteiger charge is -2.26. The van der Waals surface area contributed by atoms with E-state index in [1.165, 1.54) is 6.39 Å². The molecule has 0 aliphatic carbocycles. The Kier molecular flexibility index (Phi) is 4.47. The summed E-state index contributed by atoms with van der Waals surface area (Å²) in [6, 6.07) is 5.27. The summed E-state index contributed by atoms with van der Waals surface area (Å²) in [6.07, 6.45) is 2.33. The van der Waals surface area contributed by atoms with E-state index in [-0.39, 0.29) is 5.91 Å². The van der Waals surface area contributed by atoms with Gasteiger partial charge in [0.15, 0.2) is 12.0 Å². The summed E-state index contributed by atoms with van der Waals surface area (Å²) in [6.45, 7) is 5.25. The molecule has 21 heavy (non-hydrogen) atoms. The first-order chi connectivity index (χ1) is 10.3. The van der Waals surface area contributed by atoms with Crippen LogP contribution in [0.1, 0.15) is 16.8 Å². The fourth-order valence-corrected chi connectivity index (χ4v) is 2.43. The van der Waals surface area contributed by atoms with Gasteiger partial charge in [-0.05, 0) is 31.2 Å². The van der Waals surface area contributed by atoms with Crippen LogP contribution in [-0.4, -0.2) is 55.2 Å². The highest BCUT2D eigenvalue weighted by Gasteiger charge is 2.10. The van der Waals surface area contributed by atoms with Gasteiger partial charge in [0.25, 0.3) is 5.91 Å². The van der Waals surface area contributed by atoms with Crippen LogP contribution >= 0.6 is 0 Å². The van der Waals surface area contributed by atoms with E-state index >= 15 is 0 Å². The van der Waals surface area contributed by atoms with Gasteiger partial charge in [0.1, 0.15) is 5.52 Å². The van der Waals surface area contributed by atoms with Gasteiger partial charge in [0.05, 0.1) is 13.2 Å². The minimum absolute atomic E-state index is 0.0677. The number of aromatic nitrogens is 1. The number of hydrogen-bond donors (Lipinski definition) is 1. The largest absolute Gasteiger partial charge is 0.443 e. The first kappa shape index (κ1) is 14.0. The third-order valence-corrected chi connectivity index (χ3v) is 3.63. The Balaban J connectivity index is 1.45. The predicted molar refractivity (Wildman–Crippen MR) is 78.2 cm³/mol. The Morgan fingerprint density at radius 2 is 2.19 bits per heavy atom. The number of oxazole rings is 1. The zero-order valence-electron chi connectivity index (χ0n) is 11.9. The Morgan fingerprint density at radius 1 is 1.33 bits per heavy atom. The second-order valence-corrected chi connectivity index (χ2v) is 5.10. The van der Waals surface area contributed by atoms with Crippen molar-refractivity contribution in [3.05, 3.63) is 30.2 Å². The molecule has 2 aromatic rings. The van der Waals surface area contributed by atoms with Crippen molar-refractivity contribution >= 4 is 17.0 Å². The number of benzene rings is 1. The molecule has 0 unspecified atom stereocenters. The van der Waals surface area contributed by atoms with Crippen LogP contribution < -0.4 is 5.32 Å². The van der Waals surface area contributed by atoms with Crippen molar-refractivity contribution in [3.63, 3.8) is 0 Å². The van der Waals surface area contributed by atoms with E-state index in [4.69, 9.17) is 9.15 Å². The van der Waals surface area contributed by atoms with Gasteiger partial charge >= 0.3 is 0 Å². The van der Waals surface area contributed by atoms with Crippen molar-refractivity contribution < 1.29 is 13.9 Å². The topological polar surface area (TPSA) is 67.6 Å². The lowest BCUT2D eigenvalue weighted by molar-refractivity contribution is 0.0374. The molecule has 6 heteroatoms. The molecule has 0 atom stereocenters. The molecule has 1 aromatic heterocycles. The first-order valence-electron chi connectivity index (χ1n) is 7.24. The fourth-order valence-electron chi connectivity index (χ4n) is 2.43. The van der Waals surface area contributed by atoms with Crippen LogP contribution in [0.15, 0.2) is 29.0 Å². The van der Waals surface area contributed by atoms with Crippen LogP contribution in [0.3, 0.4) is 0 Å². The monoisotopic (exact) mass is 289 g/mol. The van der Waals surface area contributed by atoms with Gasteiger partial charge in [-0.1, -0.05) is 0 Å². The highest BCUT2D eigenvalue weighted by atomic mass is 16.5. The molecule has 3 rings (SSSR count). The molecule has 1 aliphatic heterocycles. The van der Waals surface area contributed by atoms with Crippen LogP contribution in [0.25, 0.3) is 11.1 Å². The number of hydrogen-bond acceptors (Lipinski definition) is 5. The number of ether oxygens (including phenoxy) is 1. The number of nitrogens with one attached hydrogen (secondary N) is 1. The van der Waals surface area contributed by atoms with Gasteiger partial charge in [-0.3, -0.25) is 9.69 Å². The SMILES string of the molecule is O=C(NCCCN1CCOCC1)c1ccc2ocnc2c1. The summed E-state index contributed by atoms with van der Waals surface area (Å²) in [4.78, 5) is 18.5. The van der Waals surface area contributed by atoms with Crippen molar-refractivity contribution in [2.24, 2.45) is 0 Å². The Bertz CT molecular complexity index is 605. The average Bonchev–Trinajstić information content (AvgIpc) is 3.00. The number of rotatable bonds is 5. The van der Waals surface area contributed by atoms with E-state index in [0.717, 1.165) is 39.3 Å². The van der Waals surface area contributed by atoms with E-state index in [9.17, 15) is 4.79 Å². The molecule has 1 saturated heterocycles. The highest BCUT2D eigenvalue weighted by molar-refractivity contribution is 5.96. The fraction of sp³-hybridized carbons (Fsp3) is 0.467. The van der Waals surface area contributed by atoms with Gasteiger partial charge in [0, 0.05) is 25.2 Å². The number of fused-ring (bicyclic) bond motifs is 1. The smallest absolute Gasteiger partial charge is 0.251 e. The van der Waals surface area contributed by atoms with Crippen molar-refractivity contribution in [2.75, 3.05) is 39.4 Å². The van der Waals surface area contributed by atoms with Crippen LogP contribution in [0.5, 0.6) is 0 Å². The predicted octanol–water partition coefficient (Wildman–Crippen LogP) is 1.28. The minimum Gasteiger partial charge on any atom is -0.443 e. The van der Waals surface area contributed by atoms with E-state index in [1.807, 2.05) is 0 Å². The quantitative estimate of drug-likeness (QED) is 0.840. The maximum absolute atomic E-state index is 12.1. The maximum atomic E-state index is 12.1. The molecule has 0 spiro atoms. The highest BCUT2D eigenvalue weighted by Crippen LogP contribution is 2.13. The Morgan fingerprint density at radius 3 is 3.05 bits per heavy atom. The standard InChI is InChI=1S/C15H19N3O3/c19-15(12-2-3-14-13(10-12)17-11-21-14)16-4-1-5-18-6-8-20-9-7-18/h2-3,10-11H,1,4-9H2,(H,16,19). The number of morpholine rings is 1. The molecule has 112 valence electrons. The van der Waals surface area contributed by atoms with Gasteiger partial charge < -0.3 is 14.5 Å². The molecular formula is C15H19N3O3. The number of carbonyl (C=O) groups excluding carboxylic acids is 1. The van der Waals surface area contributed by atoms with Crippen LogP contribution in [0.2, 0.25) is 0 Å². The van der Waals surface area contributed by atoms with Crippen molar-refractivity contribution in [2.45, 2.75) is 6.42 Å². The molecule has 0 saturated carbocycles. The second-order valence-electron chi connectivity index (χ2n) is 5.10. The second kappa shape index (κ2) is 6.69. The molecule has 6 nitrogen and oxygen atoms in total. The van der Waals surface area contributed by atoms with E-state index in [2.05, 4.69) is 15.2 Å². The summed E-state index contributed by atoms with van der Waals surface area (Å²) < 4.78 is 10.5. The van der Waals surface area contributed by atoms with Gasteiger partial charge in [-0.25, -0.2) is 4.98 Å². The molecular weight excluding hydrogens is 270 g/mol. The summed E-state index contributed by atoms with van der Waals surface area (Å²) in [5.41, 5.74) is 2.01. The average molecular weight is 289 g/mol. The number of nitrogens with zero attached hydrogens (tertiary/aromatic N) is 2. The lowest BCUT2D eigenvalue weighted by Crippen LogP contribution is -2.38. The zero-order chi connectivity index (χ0) is 14.5. The van der Waals surface area contributed by atoms with Crippen molar-refractivity contribution in [1.82, 2.24) is 15.2 Å². The Hall–Kier alpha value is -1.92. The molecule has 0 bridgehead atoms. The van der Waals surface area contributed by atoms with Crippen molar-refractivity contribution in [3.8, 4) is 0 Å². The van der Waals surface area contributed by atoms with E-state index in [0.29, 0.717) is 23.2 Å². The number of amides is 1. The summed E-state index contributed by atoms with van der Waals surface area (Å²) >= 11 is 0. The molecule has 1 aromatic carbocycles. The molecule has 1 aliphatic rings. The zero-order valence-corrected chi connectivity index (χ0v) is 11.9. The maximum Gasteiger partial charge on any atom is 0.251 e. The third-order valence-electron chi connectivity index (χ3n) is 3.63. The lowest BCUT2D eigenvalue weighted by atomic mass is 10.2. The van der Waals surface area contributed by atoms with Crippen molar-refractivity contribution in [1.29, 1.82) is 0 Å². The normalized spacial score (nSPS) is 16.2. The van der Waals surface area contributed by atoms with Gasteiger partial charge in [-0.2, -0.15) is 0 Å². The summed E-state index contributed by atoms with van der Waals surface area (Å²) in [5, 5.41) is 2.94. The van der Waals surface area contributed by atoms with E-state index < -0.39 is 0 Å². The number of carbonyl (C=O) groups is 1. The van der Waals surface area contributed by atoms with Crippen LogP contribution in [0, 0.1) is 0 Å². The summed E-state index contributed by atoms with van der Waals surface area (Å²) in [7, 11) is 0. The molecule has 0 radical (unpaired) electrons. The van der Waals surface area contributed by atoms with Gasteiger partial charge in [0.2, 0.25) is 0 Å². The van der Waals surface area contributed by atoms with Crippen LogP contribution in [-0.2, 0) is 4.74 Å². The molecule has 2 heterocycles. The molecule has 1 fully saturated rings. The first-order valence-corrected chi connectivity index (χ1v) is 7.24. The molecule has 1 amide bonds. The van der Waals surface area contributed by atoms with Gasteiger partial charge in [-0.15, -0.1) is 0 Å². The van der Waals surface area contributed by atoms with Crippen LogP contribution in [0.4, 0.5) is 0 Å². The summed E-state index contributed by atoms with van der Waals surface area (Å²) in [5.74, 6) is -0.0677. The van der Waals surface area contributed by atoms with E-state index in [1.54, 1.807) is 18.2 Å². The third kappa shape index (κ3) is 3.59. The molecule has 1 N–H and O–H groups in total.